The van der Waals surface area contributed by atoms with E-state index in [0.717, 1.165) is 4.88 Å². The Hall–Kier alpha value is -2.15. The summed E-state index contributed by atoms with van der Waals surface area (Å²) in [7, 11) is -3.77. The molecule has 2 aromatic carbocycles. The van der Waals surface area contributed by atoms with Gasteiger partial charge in [-0.1, -0.05) is 41.9 Å². The van der Waals surface area contributed by atoms with E-state index in [-0.39, 0.29) is 21.2 Å². The van der Waals surface area contributed by atoms with E-state index in [4.69, 9.17) is 11.6 Å². The molecule has 1 N–H and O–H groups in total. The molecule has 0 saturated heterocycles. The summed E-state index contributed by atoms with van der Waals surface area (Å²) in [5.41, 5.74) is 0.858. The molecule has 0 atom stereocenters. The lowest BCUT2D eigenvalue weighted by atomic mass is 10.0. The Balaban J connectivity index is 2.02. The molecule has 0 unspecified atom stereocenters. The number of ketones is 1. The van der Waals surface area contributed by atoms with Crippen LogP contribution in [0.2, 0.25) is 5.02 Å². The number of carbonyl (C=O) groups excluding carboxylic acids is 1. The van der Waals surface area contributed by atoms with Crippen molar-refractivity contribution in [3.63, 3.8) is 0 Å². The minimum atomic E-state index is -3.77. The molecule has 0 fully saturated rings. The van der Waals surface area contributed by atoms with Crippen LogP contribution in [-0.2, 0) is 10.0 Å². The van der Waals surface area contributed by atoms with Gasteiger partial charge in [0.25, 0.3) is 10.0 Å². The van der Waals surface area contributed by atoms with Gasteiger partial charge in [-0.25, -0.2) is 8.42 Å². The van der Waals surface area contributed by atoms with Gasteiger partial charge in [-0.15, -0.1) is 11.3 Å². The van der Waals surface area contributed by atoms with Crippen LogP contribution in [-0.4, -0.2) is 14.2 Å². The lowest BCUT2D eigenvalue weighted by Gasteiger charge is -2.12. The minimum Gasteiger partial charge on any atom is -0.289 e. The Morgan fingerprint density at radius 3 is 2.40 bits per heavy atom. The zero-order valence-corrected chi connectivity index (χ0v) is 15.6. The number of anilines is 1. The fraction of sp³-hybridized carbons (Fsp3) is 0.0556. The molecule has 128 valence electrons. The topological polar surface area (TPSA) is 63.2 Å². The fourth-order valence-corrected chi connectivity index (χ4v) is 4.83. The van der Waals surface area contributed by atoms with Crippen LogP contribution >= 0.6 is 22.9 Å². The Labute approximate surface area is 155 Å². The molecule has 0 radical (unpaired) electrons. The Kier molecular flexibility index (Phi) is 4.94. The van der Waals surface area contributed by atoms with E-state index < -0.39 is 10.0 Å². The maximum Gasteiger partial charge on any atom is 0.271 e. The summed E-state index contributed by atoms with van der Waals surface area (Å²) in [5, 5.41) is 0.356. The lowest BCUT2D eigenvalue weighted by Crippen LogP contribution is -2.15. The zero-order chi connectivity index (χ0) is 18.0. The largest absolute Gasteiger partial charge is 0.289 e. The van der Waals surface area contributed by atoms with Crippen LogP contribution in [0.15, 0.2) is 64.9 Å². The maximum atomic E-state index is 12.8. The number of thiophene rings is 1. The van der Waals surface area contributed by atoms with E-state index in [1.54, 1.807) is 42.5 Å². The predicted molar refractivity (Wildman–Crippen MR) is 101 cm³/mol. The van der Waals surface area contributed by atoms with Crippen LogP contribution in [0.25, 0.3) is 0 Å². The highest BCUT2D eigenvalue weighted by Gasteiger charge is 2.21. The molecule has 3 aromatic rings. The second-order valence-electron chi connectivity index (χ2n) is 5.36. The molecule has 0 aliphatic rings. The molecule has 1 heterocycles. The molecule has 0 aliphatic carbocycles. The van der Waals surface area contributed by atoms with Crippen molar-refractivity contribution >= 4 is 44.4 Å². The van der Waals surface area contributed by atoms with Crippen LogP contribution in [0.4, 0.5) is 5.69 Å². The Morgan fingerprint density at radius 2 is 1.76 bits per heavy atom. The quantitative estimate of drug-likeness (QED) is 0.639. The first kappa shape index (κ1) is 17.7. The van der Waals surface area contributed by atoms with Gasteiger partial charge in [0.15, 0.2) is 5.78 Å². The molecular formula is C18H14ClNO3S2. The van der Waals surface area contributed by atoms with Crippen molar-refractivity contribution in [1.29, 1.82) is 0 Å². The van der Waals surface area contributed by atoms with E-state index in [0.29, 0.717) is 10.6 Å². The predicted octanol–water partition coefficient (Wildman–Crippen LogP) is 4.74. The average Bonchev–Trinajstić information content (AvgIpc) is 3.04. The highest BCUT2D eigenvalue weighted by atomic mass is 35.5. The normalized spacial score (nSPS) is 11.3. The van der Waals surface area contributed by atoms with Crippen molar-refractivity contribution in [3.05, 3.63) is 81.7 Å². The molecule has 0 aliphatic heterocycles. The van der Waals surface area contributed by atoms with Crippen LogP contribution in [0.3, 0.4) is 0 Å². The van der Waals surface area contributed by atoms with Gasteiger partial charge in [0.1, 0.15) is 4.21 Å². The van der Waals surface area contributed by atoms with Crippen molar-refractivity contribution in [3.8, 4) is 0 Å². The molecule has 4 nitrogen and oxygen atoms in total. The monoisotopic (exact) mass is 391 g/mol. The third kappa shape index (κ3) is 3.92. The number of hydrogen-bond acceptors (Lipinski definition) is 4. The van der Waals surface area contributed by atoms with E-state index >= 15 is 0 Å². The van der Waals surface area contributed by atoms with E-state index in [9.17, 15) is 13.2 Å². The number of carbonyl (C=O) groups is 1. The molecule has 25 heavy (non-hydrogen) atoms. The molecule has 7 heteroatoms. The Morgan fingerprint density at radius 1 is 1.04 bits per heavy atom. The van der Waals surface area contributed by atoms with Crippen LogP contribution in [0, 0.1) is 6.92 Å². The maximum absolute atomic E-state index is 12.8. The molecule has 1 aromatic heterocycles. The fourth-order valence-electron chi connectivity index (χ4n) is 2.29. The van der Waals surface area contributed by atoms with Crippen molar-refractivity contribution in [2.45, 2.75) is 11.1 Å². The second kappa shape index (κ2) is 7.00. The van der Waals surface area contributed by atoms with Crippen LogP contribution in [0.5, 0.6) is 0 Å². The first-order valence-corrected chi connectivity index (χ1v) is 10.0. The van der Waals surface area contributed by atoms with Gasteiger partial charge in [0.05, 0.1) is 5.69 Å². The van der Waals surface area contributed by atoms with Crippen LogP contribution < -0.4 is 4.72 Å². The highest BCUT2D eigenvalue weighted by Crippen LogP contribution is 2.28. The molecule has 0 amide bonds. The van der Waals surface area contributed by atoms with Gasteiger partial charge in [0.2, 0.25) is 0 Å². The molecule has 3 rings (SSSR count). The number of rotatable bonds is 5. The smallest absolute Gasteiger partial charge is 0.271 e. The number of aryl methyl sites for hydroxylation is 1. The molecular weight excluding hydrogens is 378 g/mol. The minimum absolute atomic E-state index is 0.193. The van der Waals surface area contributed by atoms with E-state index in [1.807, 2.05) is 6.92 Å². The van der Waals surface area contributed by atoms with Crippen LogP contribution in [0.1, 0.15) is 20.8 Å². The number of benzene rings is 2. The summed E-state index contributed by atoms with van der Waals surface area (Å²) >= 11 is 7.18. The van der Waals surface area contributed by atoms with Crippen molar-refractivity contribution in [2.24, 2.45) is 0 Å². The van der Waals surface area contributed by atoms with Crippen molar-refractivity contribution < 1.29 is 13.2 Å². The summed E-state index contributed by atoms with van der Waals surface area (Å²) < 4.78 is 27.8. The van der Waals surface area contributed by atoms with Gasteiger partial charge < -0.3 is 0 Å². The van der Waals surface area contributed by atoms with Gasteiger partial charge in [-0.05, 0) is 37.3 Å². The van der Waals surface area contributed by atoms with Gasteiger partial charge in [-0.2, -0.15) is 0 Å². The third-order valence-corrected chi connectivity index (χ3v) is 6.58. The van der Waals surface area contributed by atoms with Gasteiger partial charge in [-0.3, -0.25) is 9.52 Å². The standard InChI is InChI=1S/C18H14ClNO3S2/c1-12-7-10-17(24-12)25(22,23)20-16-9-8-14(19)11-15(16)18(21)13-5-3-2-4-6-13/h2-11,20H,1H3. The molecule has 0 spiro atoms. The first-order chi connectivity index (χ1) is 11.9. The number of hydrogen-bond donors (Lipinski definition) is 1. The SMILES string of the molecule is Cc1ccc(S(=O)(=O)Nc2ccc(Cl)cc2C(=O)c2ccccc2)s1. The van der Waals surface area contributed by atoms with E-state index in [2.05, 4.69) is 4.72 Å². The van der Waals surface area contributed by atoms with Crippen molar-refractivity contribution in [2.75, 3.05) is 4.72 Å². The second-order valence-corrected chi connectivity index (χ2v) is 8.99. The summed E-state index contributed by atoms with van der Waals surface area (Å²) in [5.74, 6) is -0.303. The zero-order valence-electron chi connectivity index (χ0n) is 13.2. The first-order valence-electron chi connectivity index (χ1n) is 7.35. The summed E-state index contributed by atoms with van der Waals surface area (Å²) in [6.07, 6.45) is 0. The number of nitrogens with one attached hydrogen (secondary N) is 1. The summed E-state index contributed by atoms with van der Waals surface area (Å²) in [4.78, 5) is 13.6. The van der Waals surface area contributed by atoms with E-state index in [1.165, 1.54) is 29.5 Å². The molecule has 0 saturated carbocycles. The van der Waals surface area contributed by atoms with Crippen molar-refractivity contribution in [1.82, 2.24) is 0 Å². The Bertz CT molecular complexity index is 1030. The average molecular weight is 392 g/mol. The summed E-state index contributed by atoms with van der Waals surface area (Å²) in [6, 6.07) is 16.4. The number of sulfonamides is 1. The third-order valence-electron chi connectivity index (χ3n) is 3.49. The van der Waals surface area contributed by atoms with Gasteiger partial charge >= 0.3 is 0 Å². The molecule has 0 bridgehead atoms. The number of halogens is 1. The lowest BCUT2D eigenvalue weighted by molar-refractivity contribution is 0.103. The summed E-state index contributed by atoms with van der Waals surface area (Å²) in [6.45, 7) is 1.83. The highest BCUT2D eigenvalue weighted by molar-refractivity contribution is 7.94. The van der Waals surface area contributed by atoms with Gasteiger partial charge in [0, 0.05) is 21.0 Å².